The number of nitrogens with zero attached hydrogens (tertiary/aromatic N) is 1. The number of benzene rings is 1. The molecule has 0 radical (unpaired) electrons. The van der Waals surface area contributed by atoms with Gasteiger partial charge in [-0.1, -0.05) is 12.1 Å². The van der Waals surface area contributed by atoms with Gasteiger partial charge in [0.15, 0.2) is 0 Å². The van der Waals surface area contributed by atoms with Crippen LogP contribution in [0.15, 0.2) is 24.3 Å². The lowest BCUT2D eigenvalue weighted by Crippen LogP contribution is -2.39. The zero-order valence-corrected chi connectivity index (χ0v) is 13.3. The lowest BCUT2D eigenvalue weighted by Gasteiger charge is -2.17. The van der Waals surface area contributed by atoms with Crippen molar-refractivity contribution in [3.8, 4) is 0 Å². The minimum Gasteiger partial charge on any atom is -0.343 e. The normalized spacial score (nSPS) is 17.8. The number of hydrogen-bond donors (Lipinski definition) is 2. The third-order valence-corrected chi connectivity index (χ3v) is 4.01. The summed E-state index contributed by atoms with van der Waals surface area (Å²) < 4.78 is 38.7. The maximum Gasteiger partial charge on any atom is 0.417 e. The molecule has 1 aromatic rings. The van der Waals surface area contributed by atoms with Gasteiger partial charge in [0.2, 0.25) is 5.91 Å². The monoisotopic (exact) mass is 343 g/mol. The first kappa shape index (κ1) is 18.3. The molecule has 0 aromatic heterocycles. The molecule has 1 unspecified atom stereocenters. The third kappa shape index (κ3) is 4.47. The van der Waals surface area contributed by atoms with E-state index in [-0.39, 0.29) is 12.5 Å². The highest BCUT2D eigenvalue weighted by Gasteiger charge is 2.35. The van der Waals surface area contributed by atoms with Crippen molar-refractivity contribution >= 4 is 11.8 Å². The molecule has 1 saturated heterocycles. The smallest absolute Gasteiger partial charge is 0.343 e. The molecular weight excluding hydrogens is 323 g/mol. The van der Waals surface area contributed by atoms with E-state index < -0.39 is 23.2 Å². The summed E-state index contributed by atoms with van der Waals surface area (Å²) in [7, 11) is 1.84. The minimum absolute atomic E-state index is 0.286. The molecule has 2 amide bonds. The Bertz CT molecular complexity index is 604. The number of rotatable bonds is 5. The third-order valence-electron chi connectivity index (χ3n) is 4.01. The Morgan fingerprint density at radius 3 is 2.67 bits per heavy atom. The Balaban J connectivity index is 1.93. The summed E-state index contributed by atoms with van der Waals surface area (Å²) in [5.41, 5.74) is -1.49. The summed E-state index contributed by atoms with van der Waals surface area (Å²) in [5, 5.41) is 5.34. The summed E-state index contributed by atoms with van der Waals surface area (Å²) in [4.78, 5) is 25.7. The fourth-order valence-corrected chi connectivity index (χ4v) is 2.81. The highest BCUT2D eigenvalue weighted by Crippen LogP contribution is 2.31. The predicted molar refractivity (Wildman–Crippen MR) is 82.4 cm³/mol. The Hall–Kier alpha value is -2.09. The van der Waals surface area contributed by atoms with Crippen LogP contribution in [0.4, 0.5) is 13.2 Å². The van der Waals surface area contributed by atoms with E-state index in [2.05, 4.69) is 10.6 Å². The van der Waals surface area contributed by atoms with Crippen molar-refractivity contribution in [1.82, 2.24) is 15.5 Å². The summed E-state index contributed by atoms with van der Waals surface area (Å²) in [6.07, 6.45) is -3.75. The fourth-order valence-electron chi connectivity index (χ4n) is 2.81. The lowest BCUT2D eigenvalue weighted by molar-refractivity contribution is -0.137. The van der Waals surface area contributed by atoms with Gasteiger partial charge in [-0.3, -0.25) is 9.59 Å². The number of carbonyl (C=O) groups is 2. The van der Waals surface area contributed by atoms with Gasteiger partial charge in [0.25, 0.3) is 5.91 Å². The van der Waals surface area contributed by atoms with Gasteiger partial charge in [-0.25, -0.2) is 0 Å². The van der Waals surface area contributed by atoms with E-state index in [1.807, 2.05) is 7.05 Å². The van der Waals surface area contributed by atoms with Gasteiger partial charge >= 0.3 is 6.18 Å². The van der Waals surface area contributed by atoms with Crippen molar-refractivity contribution in [2.45, 2.75) is 12.6 Å². The van der Waals surface area contributed by atoms with Gasteiger partial charge in [-0.05, 0) is 38.1 Å². The van der Waals surface area contributed by atoms with Gasteiger partial charge in [0.1, 0.15) is 0 Å². The van der Waals surface area contributed by atoms with Crippen LogP contribution >= 0.6 is 0 Å². The number of halogens is 3. The van der Waals surface area contributed by atoms with Crippen molar-refractivity contribution in [3.05, 3.63) is 35.4 Å². The summed E-state index contributed by atoms with van der Waals surface area (Å²) in [6, 6.07) is 4.52. The molecule has 0 bridgehead atoms. The van der Waals surface area contributed by atoms with Gasteiger partial charge < -0.3 is 15.5 Å². The first-order valence-electron chi connectivity index (χ1n) is 7.69. The van der Waals surface area contributed by atoms with E-state index in [4.69, 9.17) is 0 Å². The van der Waals surface area contributed by atoms with Crippen LogP contribution in [0.1, 0.15) is 22.3 Å². The van der Waals surface area contributed by atoms with Gasteiger partial charge in [0.05, 0.1) is 17.7 Å². The van der Waals surface area contributed by atoms with Crippen molar-refractivity contribution in [2.75, 3.05) is 33.2 Å². The van der Waals surface area contributed by atoms with E-state index >= 15 is 0 Å². The number of nitrogens with one attached hydrogen (secondary N) is 2. The number of hydrogen-bond acceptors (Lipinski definition) is 3. The van der Waals surface area contributed by atoms with E-state index in [0.717, 1.165) is 25.1 Å². The Kier molecular flexibility index (Phi) is 5.82. The van der Waals surface area contributed by atoms with Gasteiger partial charge in [0, 0.05) is 13.1 Å². The van der Waals surface area contributed by atoms with Crippen molar-refractivity contribution in [3.63, 3.8) is 0 Å². The standard InChI is InChI=1S/C16H20F3N3O2/c1-20-8-11-6-7-22(10-11)14(23)9-21-15(24)12-4-2-3-5-13(12)16(17,18)19/h2-5,11,20H,6-10H2,1H3,(H,21,24). The molecule has 5 nitrogen and oxygen atoms in total. The van der Waals surface area contributed by atoms with Gasteiger partial charge in [-0.15, -0.1) is 0 Å². The minimum atomic E-state index is -4.62. The SMILES string of the molecule is CNCC1CCN(C(=O)CNC(=O)c2ccccc2C(F)(F)F)C1. The van der Waals surface area contributed by atoms with Crippen LogP contribution in [0, 0.1) is 5.92 Å². The average molecular weight is 343 g/mol. The van der Waals surface area contributed by atoms with Crippen LogP contribution in [0.3, 0.4) is 0 Å². The summed E-state index contributed by atoms with van der Waals surface area (Å²) in [6.45, 7) is 1.68. The molecule has 8 heteroatoms. The first-order chi connectivity index (χ1) is 11.3. The molecule has 1 fully saturated rings. The van der Waals surface area contributed by atoms with Crippen LogP contribution in [0.25, 0.3) is 0 Å². The van der Waals surface area contributed by atoms with E-state index in [1.165, 1.54) is 12.1 Å². The Morgan fingerprint density at radius 2 is 2.00 bits per heavy atom. The summed E-state index contributed by atoms with van der Waals surface area (Å²) >= 11 is 0. The fraction of sp³-hybridized carbons (Fsp3) is 0.500. The zero-order chi connectivity index (χ0) is 17.7. The van der Waals surface area contributed by atoms with E-state index in [9.17, 15) is 22.8 Å². The second-order valence-corrected chi connectivity index (χ2v) is 5.78. The van der Waals surface area contributed by atoms with Crippen LogP contribution in [-0.2, 0) is 11.0 Å². The van der Waals surface area contributed by atoms with E-state index in [1.54, 1.807) is 4.90 Å². The quantitative estimate of drug-likeness (QED) is 0.852. The highest BCUT2D eigenvalue weighted by molar-refractivity contribution is 5.97. The molecule has 2 N–H and O–H groups in total. The molecule has 1 aromatic carbocycles. The second kappa shape index (κ2) is 7.65. The van der Waals surface area contributed by atoms with Crippen molar-refractivity contribution < 1.29 is 22.8 Å². The maximum atomic E-state index is 12.9. The maximum absolute atomic E-state index is 12.9. The molecule has 1 aliphatic heterocycles. The topological polar surface area (TPSA) is 61.4 Å². The molecule has 24 heavy (non-hydrogen) atoms. The molecule has 2 rings (SSSR count). The molecule has 0 spiro atoms. The highest BCUT2D eigenvalue weighted by atomic mass is 19.4. The Labute approximate surface area is 138 Å². The molecule has 1 heterocycles. The van der Waals surface area contributed by atoms with Crippen LogP contribution in [0.5, 0.6) is 0 Å². The Morgan fingerprint density at radius 1 is 1.29 bits per heavy atom. The summed E-state index contributed by atoms with van der Waals surface area (Å²) in [5.74, 6) is -0.825. The molecule has 132 valence electrons. The zero-order valence-electron chi connectivity index (χ0n) is 13.3. The number of carbonyl (C=O) groups excluding carboxylic acids is 2. The van der Waals surface area contributed by atoms with Crippen LogP contribution < -0.4 is 10.6 Å². The molecule has 1 atom stereocenters. The number of alkyl halides is 3. The van der Waals surface area contributed by atoms with Crippen LogP contribution in [0.2, 0.25) is 0 Å². The number of likely N-dealkylation sites (tertiary alicyclic amines) is 1. The molecule has 0 aliphatic carbocycles. The van der Waals surface area contributed by atoms with Gasteiger partial charge in [-0.2, -0.15) is 13.2 Å². The largest absolute Gasteiger partial charge is 0.417 e. The molecular formula is C16H20F3N3O2. The van der Waals surface area contributed by atoms with Crippen molar-refractivity contribution in [2.24, 2.45) is 5.92 Å². The lowest BCUT2D eigenvalue weighted by atomic mass is 10.1. The number of amides is 2. The van der Waals surface area contributed by atoms with Crippen molar-refractivity contribution in [1.29, 1.82) is 0 Å². The predicted octanol–water partition coefficient (Wildman–Crippen LogP) is 1.50. The molecule has 0 saturated carbocycles. The second-order valence-electron chi connectivity index (χ2n) is 5.78. The van der Waals surface area contributed by atoms with E-state index in [0.29, 0.717) is 19.0 Å². The first-order valence-corrected chi connectivity index (χ1v) is 7.69. The van der Waals surface area contributed by atoms with Crippen LogP contribution in [-0.4, -0.2) is 49.9 Å². The average Bonchev–Trinajstić information content (AvgIpc) is 3.00. The molecule has 1 aliphatic rings.